The third-order valence-electron chi connectivity index (χ3n) is 2.14. The van der Waals surface area contributed by atoms with Gasteiger partial charge in [-0.15, -0.1) is 0 Å². The van der Waals surface area contributed by atoms with E-state index in [1.165, 1.54) is 12.5 Å². The molecule has 0 amide bonds. The summed E-state index contributed by atoms with van der Waals surface area (Å²) in [5.41, 5.74) is 1.11. The van der Waals surface area contributed by atoms with Crippen LogP contribution in [0.15, 0.2) is 30.3 Å². The van der Waals surface area contributed by atoms with Gasteiger partial charge in [0, 0.05) is 14.6 Å². The zero-order valence-electron chi connectivity index (χ0n) is 9.46. The Bertz CT molecular complexity index is 251. The molecule has 1 nitrogen and oxygen atoms in total. The number of hydrogen-bond donors (Lipinski definition) is 0. The van der Waals surface area contributed by atoms with Gasteiger partial charge in [0.25, 0.3) is 0 Å². The lowest BCUT2D eigenvalue weighted by molar-refractivity contribution is 0.796. The lowest BCUT2D eigenvalue weighted by atomic mass is 10.3. The Morgan fingerprint density at radius 3 is 2.29 bits per heavy atom. The van der Waals surface area contributed by atoms with Crippen molar-refractivity contribution in [3.63, 3.8) is 0 Å². The first-order chi connectivity index (χ1) is 6.58. The third-order valence-corrected chi connectivity index (χ3v) is 3.99. The minimum atomic E-state index is -0.855. The van der Waals surface area contributed by atoms with Crippen molar-refractivity contribution in [1.29, 1.82) is 0 Å². The van der Waals surface area contributed by atoms with Gasteiger partial charge in [-0.05, 0) is 18.6 Å². The summed E-state index contributed by atoms with van der Waals surface area (Å²) in [7, 11) is -0.855. The maximum atomic E-state index is 4.53. The summed E-state index contributed by atoms with van der Waals surface area (Å²) in [6.07, 6.45) is 1.24. The Morgan fingerprint density at radius 2 is 1.71 bits per heavy atom. The van der Waals surface area contributed by atoms with E-state index >= 15 is 0 Å². The second-order valence-corrected chi connectivity index (χ2v) is 10.5. The van der Waals surface area contributed by atoms with Crippen LogP contribution in [0.5, 0.6) is 0 Å². The molecule has 1 aromatic carbocycles. The van der Waals surface area contributed by atoms with Gasteiger partial charge in [-0.25, -0.2) is 0 Å². The highest BCUT2D eigenvalue weighted by Gasteiger charge is 2.11. The van der Waals surface area contributed by atoms with Crippen LogP contribution in [0.2, 0.25) is 25.7 Å². The summed E-state index contributed by atoms with van der Waals surface area (Å²) in [4.78, 5) is 0. The minimum Gasteiger partial charge on any atom is -0.285 e. The van der Waals surface area contributed by atoms with Crippen LogP contribution < -0.4 is 5.32 Å². The fourth-order valence-electron chi connectivity index (χ4n) is 1.35. The van der Waals surface area contributed by atoms with E-state index in [1.54, 1.807) is 0 Å². The van der Waals surface area contributed by atoms with E-state index < -0.39 is 8.07 Å². The van der Waals surface area contributed by atoms with Gasteiger partial charge in [0.2, 0.25) is 0 Å². The summed E-state index contributed by atoms with van der Waals surface area (Å²) in [6, 6.07) is 11.6. The topological polar surface area (TPSA) is 14.1 Å². The quantitative estimate of drug-likeness (QED) is 0.516. The van der Waals surface area contributed by atoms with Crippen LogP contribution in [0.3, 0.4) is 0 Å². The monoisotopic (exact) mass is 206 g/mol. The van der Waals surface area contributed by atoms with Crippen molar-refractivity contribution < 1.29 is 0 Å². The summed E-state index contributed by atoms with van der Waals surface area (Å²) in [5, 5.41) is 4.53. The Hall–Kier alpha value is -0.763. The predicted molar refractivity (Wildman–Crippen MR) is 65.9 cm³/mol. The first kappa shape index (κ1) is 11.3. The first-order valence-electron chi connectivity index (χ1n) is 5.30. The zero-order valence-corrected chi connectivity index (χ0v) is 10.5. The van der Waals surface area contributed by atoms with Gasteiger partial charge in [0.15, 0.2) is 0 Å². The van der Waals surface area contributed by atoms with Crippen molar-refractivity contribution in [2.24, 2.45) is 0 Å². The van der Waals surface area contributed by atoms with Crippen LogP contribution in [0.25, 0.3) is 0 Å². The van der Waals surface area contributed by atoms with Gasteiger partial charge in [-0.3, -0.25) is 5.32 Å². The van der Waals surface area contributed by atoms with Crippen LogP contribution in [0, 0.1) is 0 Å². The summed E-state index contributed by atoms with van der Waals surface area (Å²) < 4.78 is 0. The molecule has 1 aromatic rings. The highest BCUT2D eigenvalue weighted by atomic mass is 28.3. The maximum Gasteiger partial charge on any atom is 0.0574 e. The molecule has 0 aromatic heterocycles. The molecule has 0 heterocycles. The first-order valence-corrected chi connectivity index (χ1v) is 9.01. The van der Waals surface area contributed by atoms with Gasteiger partial charge < -0.3 is 0 Å². The molecule has 77 valence electrons. The van der Waals surface area contributed by atoms with Crippen LogP contribution >= 0.6 is 0 Å². The van der Waals surface area contributed by atoms with Gasteiger partial charge in [-0.1, -0.05) is 43.9 Å². The van der Waals surface area contributed by atoms with E-state index in [2.05, 4.69) is 37.1 Å². The van der Waals surface area contributed by atoms with Crippen LogP contribution in [0.1, 0.15) is 6.42 Å². The minimum absolute atomic E-state index is 0.855. The van der Waals surface area contributed by atoms with E-state index in [9.17, 15) is 0 Å². The molecular weight excluding hydrogens is 186 g/mol. The fourth-order valence-corrected chi connectivity index (χ4v) is 2.57. The Morgan fingerprint density at radius 1 is 1.07 bits per heavy atom. The molecule has 0 saturated carbocycles. The number of para-hydroxylation sites is 1. The molecule has 14 heavy (non-hydrogen) atoms. The van der Waals surface area contributed by atoms with Crippen LogP contribution in [-0.2, 0) is 0 Å². The smallest absolute Gasteiger partial charge is 0.0574 e. The second kappa shape index (κ2) is 5.20. The molecule has 2 heteroatoms. The summed E-state index contributed by atoms with van der Waals surface area (Å²) in [5.74, 6) is 0. The van der Waals surface area contributed by atoms with Crippen LogP contribution in [0.4, 0.5) is 5.69 Å². The van der Waals surface area contributed by atoms with Crippen molar-refractivity contribution in [2.75, 3.05) is 6.54 Å². The maximum absolute atomic E-state index is 4.53. The van der Waals surface area contributed by atoms with E-state index in [4.69, 9.17) is 0 Å². The van der Waals surface area contributed by atoms with E-state index in [1.807, 2.05) is 18.2 Å². The number of benzene rings is 1. The fraction of sp³-hybridized carbons (Fsp3) is 0.500. The van der Waals surface area contributed by atoms with E-state index in [0.29, 0.717) is 0 Å². The van der Waals surface area contributed by atoms with Crippen molar-refractivity contribution in [3.8, 4) is 0 Å². The molecule has 0 aliphatic rings. The Balaban J connectivity index is 2.17. The van der Waals surface area contributed by atoms with E-state index in [0.717, 1.165) is 12.2 Å². The van der Waals surface area contributed by atoms with Crippen molar-refractivity contribution >= 4 is 13.8 Å². The third kappa shape index (κ3) is 5.07. The molecule has 0 aliphatic carbocycles. The highest BCUT2D eigenvalue weighted by Crippen LogP contribution is 2.12. The van der Waals surface area contributed by atoms with Crippen molar-refractivity contribution in [2.45, 2.75) is 32.1 Å². The molecule has 0 fully saturated rings. The molecule has 0 N–H and O–H groups in total. The average Bonchev–Trinajstić information content (AvgIpc) is 2.13. The number of nitrogens with zero attached hydrogens (tertiary/aromatic N) is 1. The molecule has 0 bridgehead atoms. The van der Waals surface area contributed by atoms with Crippen molar-refractivity contribution in [1.82, 2.24) is 5.32 Å². The second-order valence-electron chi connectivity index (χ2n) is 4.88. The van der Waals surface area contributed by atoms with Crippen molar-refractivity contribution in [3.05, 3.63) is 30.3 Å². The average molecular weight is 206 g/mol. The lowest BCUT2D eigenvalue weighted by Gasteiger charge is -2.14. The lowest BCUT2D eigenvalue weighted by Crippen LogP contribution is -2.20. The molecule has 0 unspecified atom stereocenters. The van der Waals surface area contributed by atoms with Gasteiger partial charge in [-0.2, -0.15) is 0 Å². The molecule has 0 spiro atoms. The Labute approximate surface area is 88.6 Å². The van der Waals surface area contributed by atoms with Crippen LogP contribution in [-0.4, -0.2) is 14.6 Å². The molecule has 0 atom stereocenters. The summed E-state index contributed by atoms with van der Waals surface area (Å²) >= 11 is 0. The van der Waals surface area contributed by atoms with Gasteiger partial charge in [0.05, 0.1) is 5.69 Å². The molecule has 0 aliphatic heterocycles. The summed E-state index contributed by atoms with van der Waals surface area (Å²) in [6.45, 7) is 8.22. The SMILES string of the molecule is C[Si](C)(C)CCC[N]c1ccccc1. The standard InChI is InChI=1S/C12H20NSi/c1-14(2,3)11-7-10-13-12-8-5-4-6-9-12/h4-6,8-9H,7,10-11H2,1-3H3. The van der Waals surface area contributed by atoms with E-state index in [-0.39, 0.29) is 0 Å². The predicted octanol–water partition coefficient (Wildman–Crippen LogP) is 3.65. The number of rotatable bonds is 5. The zero-order chi connectivity index (χ0) is 10.4. The largest absolute Gasteiger partial charge is 0.285 e. The highest BCUT2D eigenvalue weighted by molar-refractivity contribution is 6.76. The Kier molecular flexibility index (Phi) is 4.20. The van der Waals surface area contributed by atoms with Gasteiger partial charge in [0.1, 0.15) is 0 Å². The molecule has 1 radical (unpaired) electrons. The number of hydrogen-bond acceptors (Lipinski definition) is 0. The molecular formula is C12H20NSi. The normalized spacial score (nSPS) is 11.4. The van der Waals surface area contributed by atoms with Gasteiger partial charge >= 0.3 is 0 Å². The molecule has 1 rings (SSSR count). The molecule has 0 saturated heterocycles.